The van der Waals surface area contributed by atoms with E-state index in [0.717, 1.165) is 56.7 Å². The van der Waals surface area contributed by atoms with Gasteiger partial charge in [-0.3, -0.25) is 0 Å². The van der Waals surface area contributed by atoms with Crippen molar-refractivity contribution in [3.05, 3.63) is 24.3 Å². The maximum Gasteiger partial charge on any atom is 0.130 e. The first-order valence-electron chi connectivity index (χ1n) is 25.4. The van der Waals surface area contributed by atoms with E-state index in [1.807, 2.05) is 0 Å². The van der Waals surface area contributed by atoms with Gasteiger partial charge >= 0.3 is 0 Å². The topological polar surface area (TPSA) is 66.4 Å². The van der Waals surface area contributed by atoms with Gasteiger partial charge < -0.3 is 33.3 Å². The highest BCUT2D eigenvalue weighted by Gasteiger charge is 2.28. The minimum Gasteiger partial charge on any atom is -0.394 e. The maximum absolute atomic E-state index is 8.81. The molecule has 0 aromatic heterocycles. The molecular weight excluding hydrogens is 723 g/mol. The van der Waals surface area contributed by atoms with Crippen LogP contribution in [0.4, 0.5) is 0 Å². The van der Waals surface area contributed by atoms with Crippen molar-refractivity contribution in [2.45, 2.75) is 214 Å². The fourth-order valence-electron chi connectivity index (χ4n) is 7.61. The van der Waals surface area contributed by atoms with Gasteiger partial charge in [-0.15, -0.1) is 0 Å². The van der Waals surface area contributed by atoms with Crippen molar-refractivity contribution in [1.29, 1.82) is 0 Å². The minimum absolute atomic E-state index is 0.0475. The van der Waals surface area contributed by atoms with Gasteiger partial charge in [0.05, 0.1) is 65.9 Å². The summed E-state index contributed by atoms with van der Waals surface area (Å²) in [6, 6.07) is 0. The Labute approximate surface area is 362 Å². The van der Waals surface area contributed by atoms with Crippen molar-refractivity contribution < 1.29 is 33.3 Å². The Morgan fingerprint density at radius 2 is 0.776 bits per heavy atom. The Bertz CT molecular complexity index is 819. The minimum atomic E-state index is 0.0475. The normalized spacial score (nSPS) is 12.8. The molecule has 0 bridgehead atoms. The summed E-state index contributed by atoms with van der Waals surface area (Å²) in [4.78, 5) is 0. The predicted octanol–water partition coefficient (Wildman–Crippen LogP) is 13.4. The van der Waals surface area contributed by atoms with Gasteiger partial charge in [-0.25, -0.2) is 0 Å². The third-order valence-electron chi connectivity index (χ3n) is 11.7. The molecule has 58 heavy (non-hydrogen) atoms. The van der Waals surface area contributed by atoms with E-state index in [1.165, 1.54) is 167 Å². The van der Waals surface area contributed by atoms with Crippen LogP contribution in [0.15, 0.2) is 24.3 Å². The average Bonchev–Trinajstić information content (AvgIpc) is 3.24. The number of unbranched alkanes of at least 4 members (excludes halogenated alkanes) is 24. The predicted molar refractivity (Wildman–Crippen MR) is 250 cm³/mol. The Morgan fingerprint density at radius 3 is 1.21 bits per heavy atom. The van der Waals surface area contributed by atoms with E-state index in [2.05, 4.69) is 52.0 Å². The number of ether oxygens (including phenoxy) is 5. The van der Waals surface area contributed by atoms with Crippen molar-refractivity contribution in [1.82, 2.24) is 0 Å². The number of quaternary nitrogens is 1. The smallest absolute Gasteiger partial charge is 0.130 e. The lowest BCUT2D eigenvalue weighted by atomic mass is 10.1. The summed E-state index contributed by atoms with van der Waals surface area (Å²) in [5, 5.41) is 8.81. The Morgan fingerprint density at radius 1 is 0.397 bits per heavy atom. The summed E-state index contributed by atoms with van der Waals surface area (Å²) in [7, 11) is 0. The molecule has 0 saturated heterocycles. The van der Waals surface area contributed by atoms with Gasteiger partial charge in [0, 0.05) is 13.2 Å². The first-order chi connectivity index (χ1) is 28.7. The van der Waals surface area contributed by atoms with Gasteiger partial charge in [0.15, 0.2) is 0 Å². The van der Waals surface area contributed by atoms with Crippen LogP contribution in [0.3, 0.4) is 0 Å². The molecule has 0 saturated carbocycles. The van der Waals surface area contributed by atoms with Crippen LogP contribution in [0.1, 0.15) is 207 Å². The molecule has 0 aliphatic rings. The number of aliphatic hydroxyl groups is 1. The average molecular weight is 825 g/mol. The van der Waals surface area contributed by atoms with Crippen molar-refractivity contribution in [3.63, 3.8) is 0 Å². The summed E-state index contributed by atoms with van der Waals surface area (Å²) >= 11 is 0. The zero-order chi connectivity index (χ0) is 42.1. The molecule has 0 fully saturated rings. The molecule has 1 atom stereocenters. The van der Waals surface area contributed by atoms with Crippen LogP contribution in [-0.2, 0) is 23.7 Å². The summed E-state index contributed by atoms with van der Waals surface area (Å²) in [5.74, 6) is 0. The summed E-state index contributed by atoms with van der Waals surface area (Å²) < 4.78 is 30.8. The first-order valence-corrected chi connectivity index (χ1v) is 25.4. The molecule has 346 valence electrons. The van der Waals surface area contributed by atoms with Gasteiger partial charge in [0.25, 0.3) is 0 Å². The molecule has 0 aliphatic heterocycles. The first kappa shape index (κ1) is 57.2. The number of likely N-dealkylation sites (N-methyl/N-ethyl adjacent to an activating group) is 1. The fourth-order valence-corrected chi connectivity index (χ4v) is 7.61. The molecule has 0 aromatic carbocycles. The zero-order valence-electron chi connectivity index (χ0n) is 39.5. The van der Waals surface area contributed by atoms with Gasteiger partial charge in [-0.1, -0.05) is 154 Å². The van der Waals surface area contributed by atoms with E-state index in [9.17, 15) is 0 Å². The number of hydrogen-bond donors (Lipinski definition) is 1. The number of nitrogens with zero attached hydrogens (tertiary/aromatic N) is 1. The Hall–Kier alpha value is -0.800. The van der Waals surface area contributed by atoms with Crippen LogP contribution in [0.2, 0.25) is 0 Å². The highest BCUT2D eigenvalue weighted by molar-refractivity contribution is 4.82. The molecule has 7 heteroatoms. The molecule has 0 rings (SSSR count). The maximum atomic E-state index is 8.81. The van der Waals surface area contributed by atoms with Crippen LogP contribution >= 0.6 is 0 Å². The fraction of sp³-hybridized carbons (Fsp3) is 0.922. The van der Waals surface area contributed by atoms with E-state index < -0.39 is 0 Å². The van der Waals surface area contributed by atoms with Crippen LogP contribution in [0.25, 0.3) is 0 Å². The highest BCUT2D eigenvalue weighted by Crippen LogP contribution is 2.15. The SMILES string of the molecule is CCCCCCCCC=CCCCCCCCCOCC(C[N+](CC)(CC)CCOCCOCCOCCO)OCCCCCCCCC=CCCCCCCCC. The zero-order valence-corrected chi connectivity index (χ0v) is 39.5. The second kappa shape index (κ2) is 48.9. The van der Waals surface area contributed by atoms with Gasteiger partial charge in [0.2, 0.25) is 0 Å². The van der Waals surface area contributed by atoms with Gasteiger partial charge in [-0.05, 0) is 78.1 Å². The van der Waals surface area contributed by atoms with Gasteiger partial charge in [0.1, 0.15) is 19.2 Å². The van der Waals surface area contributed by atoms with Crippen molar-refractivity contribution in [2.75, 3.05) is 92.2 Å². The van der Waals surface area contributed by atoms with Crippen molar-refractivity contribution in [3.8, 4) is 0 Å². The summed E-state index contributed by atoms with van der Waals surface area (Å²) in [6.07, 6.45) is 46.9. The second-order valence-corrected chi connectivity index (χ2v) is 16.9. The number of rotatable bonds is 50. The van der Waals surface area contributed by atoms with E-state index in [-0.39, 0.29) is 12.7 Å². The number of hydrogen-bond acceptors (Lipinski definition) is 6. The molecule has 0 heterocycles. The molecule has 0 amide bonds. The largest absolute Gasteiger partial charge is 0.394 e. The molecular formula is C51H102NO6+. The lowest BCUT2D eigenvalue weighted by Gasteiger charge is -2.39. The van der Waals surface area contributed by atoms with E-state index in [0.29, 0.717) is 46.2 Å². The molecule has 1 unspecified atom stereocenters. The quantitative estimate of drug-likeness (QED) is 0.0374. The van der Waals surface area contributed by atoms with Crippen molar-refractivity contribution >= 4 is 0 Å². The van der Waals surface area contributed by atoms with Gasteiger partial charge in [-0.2, -0.15) is 0 Å². The van der Waals surface area contributed by atoms with E-state index in [4.69, 9.17) is 28.8 Å². The lowest BCUT2D eigenvalue weighted by molar-refractivity contribution is -0.928. The number of allylic oxidation sites excluding steroid dienone is 4. The van der Waals surface area contributed by atoms with Crippen LogP contribution in [-0.4, -0.2) is 108 Å². The molecule has 0 radical (unpaired) electrons. The molecule has 7 nitrogen and oxygen atoms in total. The molecule has 0 aliphatic carbocycles. The third-order valence-corrected chi connectivity index (χ3v) is 11.7. The Balaban J connectivity index is 4.43. The summed E-state index contributed by atoms with van der Waals surface area (Å²) in [5.41, 5.74) is 0. The van der Waals surface area contributed by atoms with E-state index in [1.54, 1.807) is 0 Å². The molecule has 0 spiro atoms. The number of aliphatic hydroxyl groups excluding tert-OH is 1. The van der Waals surface area contributed by atoms with Crippen LogP contribution < -0.4 is 0 Å². The second-order valence-electron chi connectivity index (χ2n) is 16.9. The standard InChI is InChI=1S/C51H102NO6/c1-5-9-11-13-15-17-19-21-23-25-27-29-31-33-35-37-41-57-50-51(49-52(7-3,8-4)39-43-54-45-47-56-48-46-55-44-40-53)58-42-38-36-34-32-30-28-26-24-22-20-18-16-14-12-10-6-2/h21-24,51,53H,5-20,25-50H2,1-4H3/q+1. The van der Waals surface area contributed by atoms with Crippen LogP contribution in [0, 0.1) is 0 Å². The van der Waals surface area contributed by atoms with Crippen LogP contribution in [0.5, 0.6) is 0 Å². The lowest BCUT2D eigenvalue weighted by Crippen LogP contribution is -2.55. The van der Waals surface area contributed by atoms with E-state index >= 15 is 0 Å². The third kappa shape index (κ3) is 41.9. The Kier molecular flexibility index (Phi) is 48.2. The monoisotopic (exact) mass is 825 g/mol. The highest BCUT2D eigenvalue weighted by atomic mass is 16.5. The molecule has 1 N–H and O–H groups in total. The van der Waals surface area contributed by atoms with Crippen molar-refractivity contribution in [2.24, 2.45) is 0 Å². The summed E-state index contributed by atoms with van der Waals surface area (Å²) in [6.45, 7) is 18.9. The molecule has 0 aromatic rings.